The van der Waals surface area contributed by atoms with Crippen LogP contribution < -0.4 is 10.6 Å². The Bertz CT molecular complexity index is 394. The van der Waals surface area contributed by atoms with Gasteiger partial charge >= 0.3 is 0 Å². The third kappa shape index (κ3) is 3.65. The average Bonchev–Trinajstić information content (AvgIpc) is 2.65. The number of thiophene rings is 1. The van der Waals surface area contributed by atoms with Crippen LogP contribution in [0.1, 0.15) is 25.8 Å². The molecule has 4 nitrogen and oxygen atoms in total. The van der Waals surface area contributed by atoms with Gasteiger partial charge in [-0.2, -0.15) is 5.26 Å². The Kier molecular flexibility index (Phi) is 4.96. The van der Waals surface area contributed by atoms with Gasteiger partial charge in [-0.3, -0.25) is 4.79 Å². The predicted molar refractivity (Wildman–Crippen MR) is 65.4 cm³/mol. The molecule has 5 heteroatoms. The molecule has 0 aliphatic heterocycles. The minimum Gasteiger partial charge on any atom is -0.317 e. The number of nitrogens with zero attached hydrogens (tertiary/aromatic N) is 1. The van der Waals surface area contributed by atoms with Crippen LogP contribution in [0.3, 0.4) is 0 Å². The van der Waals surface area contributed by atoms with E-state index in [1.165, 1.54) is 11.3 Å². The minimum absolute atomic E-state index is 0.0626. The SMILES string of the molecule is CCNC(C)CC(=O)Nc1sccc1C#N. The summed E-state index contributed by atoms with van der Waals surface area (Å²) in [5.74, 6) is -0.0626. The lowest BCUT2D eigenvalue weighted by atomic mass is 10.2. The van der Waals surface area contributed by atoms with Crippen molar-refractivity contribution < 1.29 is 4.79 Å². The van der Waals surface area contributed by atoms with Gasteiger partial charge in [0, 0.05) is 12.5 Å². The van der Waals surface area contributed by atoms with Crippen LogP contribution in [0.15, 0.2) is 11.4 Å². The van der Waals surface area contributed by atoms with Gasteiger partial charge < -0.3 is 10.6 Å². The molecule has 1 heterocycles. The maximum absolute atomic E-state index is 11.6. The molecule has 1 amide bonds. The summed E-state index contributed by atoms with van der Waals surface area (Å²) in [6.07, 6.45) is 0.413. The van der Waals surface area contributed by atoms with Gasteiger partial charge in [0.05, 0.1) is 5.56 Å². The zero-order chi connectivity index (χ0) is 12.0. The summed E-state index contributed by atoms with van der Waals surface area (Å²) < 4.78 is 0. The maximum atomic E-state index is 11.6. The number of rotatable bonds is 5. The second kappa shape index (κ2) is 6.26. The molecular weight excluding hydrogens is 222 g/mol. The van der Waals surface area contributed by atoms with Crippen molar-refractivity contribution in [3.8, 4) is 6.07 Å². The molecule has 1 aromatic rings. The summed E-state index contributed by atoms with van der Waals surface area (Å²) in [4.78, 5) is 11.6. The summed E-state index contributed by atoms with van der Waals surface area (Å²) in [6.45, 7) is 4.81. The lowest BCUT2D eigenvalue weighted by Gasteiger charge is -2.11. The molecule has 0 saturated heterocycles. The van der Waals surface area contributed by atoms with Crippen molar-refractivity contribution in [2.75, 3.05) is 11.9 Å². The van der Waals surface area contributed by atoms with E-state index in [0.717, 1.165) is 6.54 Å². The van der Waals surface area contributed by atoms with Crippen LogP contribution in [0.4, 0.5) is 5.00 Å². The average molecular weight is 237 g/mol. The van der Waals surface area contributed by atoms with Crippen molar-refractivity contribution in [2.24, 2.45) is 0 Å². The molecule has 0 aromatic carbocycles. The number of hydrogen-bond donors (Lipinski definition) is 2. The Hall–Kier alpha value is -1.38. The van der Waals surface area contributed by atoms with E-state index in [0.29, 0.717) is 17.0 Å². The normalized spacial score (nSPS) is 11.8. The van der Waals surface area contributed by atoms with Gasteiger partial charge in [0.15, 0.2) is 0 Å². The molecule has 16 heavy (non-hydrogen) atoms. The molecule has 86 valence electrons. The Balaban J connectivity index is 2.49. The van der Waals surface area contributed by atoms with Crippen LogP contribution in [0.25, 0.3) is 0 Å². The standard InChI is InChI=1S/C11H15N3OS/c1-3-13-8(2)6-10(15)14-11-9(7-12)4-5-16-11/h4-5,8,13H,3,6H2,1-2H3,(H,14,15). The van der Waals surface area contributed by atoms with E-state index in [1.807, 2.05) is 19.9 Å². The number of amides is 1. The van der Waals surface area contributed by atoms with Gasteiger partial charge in [-0.1, -0.05) is 6.92 Å². The topological polar surface area (TPSA) is 64.9 Å². The number of nitriles is 1. The molecule has 1 rings (SSSR count). The predicted octanol–water partition coefficient (Wildman–Crippen LogP) is 1.95. The lowest BCUT2D eigenvalue weighted by molar-refractivity contribution is -0.116. The number of hydrogen-bond acceptors (Lipinski definition) is 4. The highest BCUT2D eigenvalue weighted by Crippen LogP contribution is 2.22. The third-order valence-electron chi connectivity index (χ3n) is 2.08. The second-order valence-corrected chi connectivity index (χ2v) is 4.40. The first-order valence-electron chi connectivity index (χ1n) is 5.18. The molecule has 2 N–H and O–H groups in total. The van der Waals surface area contributed by atoms with Gasteiger partial charge in [-0.05, 0) is 24.9 Å². The summed E-state index contributed by atoms with van der Waals surface area (Å²) >= 11 is 1.37. The molecule has 0 bridgehead atoms. The van der Waals surface area contributed by atoms with E-state index in [2.05, 4.69) is 10.6 Å². The van der Waals surface area contributed by atoms with Crippen molar-refractivity contribution in [1.82, 2.24) is 5.32 Å². The van der Waals surface area contributed by atoms with Crippen LogP contribution in [-0.2, 0) is 4.79 Å². The molecule has 1 unspecified atom stereocenters. The van der Waals surface area contributed by atoms with Crippen LogP contribution >= 0.6 is 11.3 Å². The van der Waals surface area contributed by atoms with Gasteiger partial charge in [0.25, 0.3) is 0 Å². The van der Waals surface area contributed by atoms with E-state index in [-0.39, 0.29) is 11.9 Å². The first-order valence-corrected chi connectivity index (χ1v) is 6.06. The highest BCUT2D eigenvalue weighted by Gasteiger charge is 2.11. The van der Waals surface area contributed by atoms with Crippen molar-refractivity contribution in [3.63, 3.8) is 0 Å². The number of nitrogens with one attached hydrogen (secondary N) is 2. The molecule has 0 aliphatic carbocycles. The fourth-order valence-corrected chi connectivity index (χ4v) is 2.12. The van der Waals surface area contributed by atoms with E-state index < -0.39 is 0 Å². The quantitative estimate of drug-likeness (QED) is 0.822. The Morgan fingerprint density at radius 3 is 3.06 bits per heavy atom. The zero-order valence-electron chi connectivity index (χ0n) is 9.41. The summed E-state index contributed by atoms with van der Waals surface area (Å²) in [7, 11) is 0. The van der Waals surface area contributed by atoms with Gasteiger partial charge in [-0.15, -0.1) is 11.3 Å². The third-order valence-corrected chi connectivity index (χ3v) is 2.91. The van der Waals surface area contributed by atoms with Crippen molar-refractivity contribution in [3.05, 3.63) is 17.0 Å². The molecule has 0 spiro atoms. The lowest BCUT2D eigenvalue weighted by Crippen LogP contribution is -2.30. The van der Waals surface area contributed by atoms with Gasteiger partial charge in [0.1, 0.15) is 11.1 Å². The Morgan fingerprint density at radius 2 is 2.44 bits per heavy atom. The molecule has 0 saturated carbocycles. The molecule has 1 atom stereocenters. The summed E-state index contributed by atoms with van der Waals surface area (Å²) in [5.41, 5.74) is 0.523. The maximum Gasteiger partial charge on any atom is 0.226 e. The monoisotopic (exact) mass is 237 g/mol. The van der Waals surface area contributed by atoms with Crippen molar-refractivity contribution in [1.29, 1.82) is 5.26 Å². The summed E-state index contributed by atoms with van der Waals surface area (Å²) in [5, 5.41) is 17.1. The van der Waals surface area contributed by atoms with Crippen LogP contribution in [0, 0.1) is 11.3 Å². The van der Waals surface area contributed by atoms with E-state index in [9.17, 15) is 4.79 Å². The van der Waals surface area contributed by atoms with Crippen LogP contribution in [-0.4, -0.2) is 18.5 Å². The number of carbonyl (C=O) groups excluding carboxylic acids is 1. The zero-order valence-corrected chi connectivity index (χ0v) is 10.2. The summed E-state index contributed by atoms with van der Waals surface area (Å²) in [6, 6.07) is 3.89. The molecular formula is C11H15N3OS. The van der Waals surface area contributed by atoms with E-state index in [1.54, 1.807) is 11.4 Å². The minimum atomic E-state index is -0.0626. The smallest absolute Gasteiger partial charge is 0.226 e. The first-order chi connectivity index (χ1) is 7.67. The molecule has 1 aromatic heterocycles. The van der Waals surface area contributed by atoms with Gasteiger partial charge in [0.2, 0.25) is 5.91 Å². The largest absolute Gasteiger partial charge is 0.317 e. The van der Waals surface area contributed by atoms with E-state index in [4.69, 9.17) is 5.26 Å². The Labute approximate surface area is 99.3 Å². The highest BCUT2D eigenvalue weighted by atomic mass is 32.1. The second-order valence-electron chi connectivity index (χ2n) is 3.49. The first kappa shape index (κ1) is 12.7. The van der Waals surface area contributed by atoms with Crippen LogP contribution in [0.5, 0.6) is 0 Å². The van der Waals surface area contributed by atoms with E-state index >= 15 is 0 Å². The molecule has 0 radical (unpaired) electrons. The fraction of sp³-hybridized carbons (Fsp3) is 0.455. The van der Waals surface area contributed by atoms with Gasteiger partial charge in [-0.25, -0.2) is 0 Å². The van der Waals surface area contributed by atoms with Crippen molar-refractivity contribution in [2.45, 2.75) is 26.3 Å². The molecule has 0 aliphatic rings. The fourth-order valence-electron chi connectivity index (χ4n) is 1.37. The number of anilines is 1. The Morgan fingerprint density at radius 1 is 1.69 bits per heavy atom. The number of carbonyl (C=O) groups is 1. The molecule has 0 fully saturated rings. The highest BCUT2D eigenvalue weighted by molar-refractivity contribution is 7.14. The van der Waals surface area contributed by atoms with Crippen molar-refractivity contribution >= 4 is 22.2 Å². The van der Waals surface area contributed by atoms with Crippen LogP contribution in [0.2, 0.25) is 0 Å².